The number of hydrogen-bond donors (Lipinski definition) is 0. The van der Waals surface area contributed by atoms with E-state index in [1.165, 1.54) is 32.6 Å². The van der Waals surface area contributed by atoms with Crippen LogP contribution in [-0.4, -0.2) is 13.7 Å². The highest BCUT2D eigenvalue weighted by atomic mass is 15.0. The second-order valence-corrected chi connectivity index (χ2v) is 15.5. The van der Waals surface area contributed by atoms with E-state index in [-0.39, 0.29) is 0 Å². The highest BCUT2D eigenvalue weighted by molar-refractivity contribution is 6.26. The molecule has 12 aromatic rings. The van der Waals surface area contributed by atoms with E-state index in [4.69, 9.17) is 0 Å². The Morgan fingerprint density at radius 3 is 1.66 bits per heavy atom. The fourth-order valence-electron chi connectivity index (χ4n) is 9.69. The molecule has 0 N–H and O–H groups in total. The second-order valence-electron chi connectivity index (χ2n) is 15.5. The van der Waals surface area contributed by atoms with Crippen LogP contribution < -0.4 is 0 Å². The number of para-hydroxylation sites is 4. The van der Waals surface area contributed by atoms with Gasteiger partial charge in [0.1, 0.15) is 0 Å². The molecule has 0 aliphatic heterocycles. The molecule has 9 aromatic carbocycles. The van der Waals surface area contributed by atoms with Crippen LogP contribution in [0.3, 0.4) is 0 Å². The monoisotopic (exact) mass is 775 g/mol. The Labute approximate surface area is 351 Å². The summed E-state index contributed by atoms with van der Waals surface area (Å²) in [6, 6.07) is 74.9. The summed E-state index contributed by atoms with van der Waals surface area (Å²) >= 11 is 0. The van der Waals surface area contributed by atoms with Crippen LogP contribution in [0, 0.1) is 22.7 Å². The van der Waals surface area contributed by atoms with E-state index in [0.29, 0.717) is 11.1 Å². The summed E-state index contributed by atoms with van der Waals surface area (Å²) in [7, 11) is 0. The second kappa shape index (κ2) is 13.5. The van der Waals surface area contributed by atoms with Gasteiger partial charge in [-0.2, -0.15) is 10.5 Å². The zero-order chi connectivity index (χ0) is 40.6. The predicted octanol–water partition coefficient (Wildman–Crippen LogP) is 14.1. The standard InChI is InChI=1S/C56H33N5/c57-34-36-23-24-39(35-58)46(31-36)38-25-28-52(47(32-38)37-13-3-1-4-14-37)61-53-29-26-41(60-49-20-10-7-17-42(49)43-18-8-11-21-50(43)60)33-48(53)44-27-30-54-55(56(44)61)45-19-9-12-22-51(45)59(54)40-15-5-2-6-16-40/h1-33H. The van der Waals surface area contributed by atoms with E-state index in [9.17, 15) is 10.5 Å². The van der Waals surface area contributed by atoms with Crippen LogP contribution in [0.15, 0.2) is 200 Å². The lowest BCUT2D eigenvalue weighted by atomic mass is 9.93. The Bertz CT molecular complexity index is 3780. The van der Waals surface area contributed by atoms with E-state index in [1.807, 2.05) is 12.1 Å². The van der Waals surface area contributed by atoms with Gasteiger partial charge in [-0.05, 0) is 96.1 Å². The number of rotatable bonds is 5. The molecular formula is C56H33N5. The molecule has 61 heavy (non-hydrogen) atoms. The van der Waals surface area contributed by atoms with Crippen molar-refractivity contribution >= 4 is 65.4 Å². The Kier molecular flexibility index (Phi) is 7.59. The molecule has 282 valence electrons. The minimum Gasteiger partial charge on any atom is -0.309 e. The van der Waals surface area contributed by atoms with Gasteiger partial charge in [-0.1, -0.05) is 115 Å². The summed E-state index contributed by atoms with van der Waals surface area (Å²) in [5.41, 5.74) is 14.7. The van der Waals surface area contributed by atoms with Crippen molar-refractivity contribution in [3.8, 4) is 51.5 Å². The summed E-state index contributed by atoms with van der Waals surface area (Å²) in [6.07, 6.45) is 0. The molecule has 0 atom stereocenters. The maximum Gasteiger partial charge on any atom is 0.0998 e. The molecule has 12 rings (SSSR count). The van der Waals surface area contributed by atoms with E-state index in [1.54, 1.807) is 12.1 Å². The lowest BCUT2D eigenvalue weighted by Crippen LogP contribution is -1.99. The summed E-state index contributed by atoms with van der Waals surface area (Å²) in [4.78, 5) is 0. The topological polar surface area (TPSA) is 62.4 Å². The number of aromatic nitrogens is 3. The van der Waals surface area contributed by atoms with Gasteiger partial charge in [0, 0.05) is 54.8 Å². The van der Waals surface area contributed by atoms with Crippen molar-refractivity contribution in [2.24, 2.45) is 0 Å². The van der Waals surface area contributed by atoms with Gasteiger partial charge < -0.3 is 13.7 Å². The molecule has 0 fully saturated rings. The number of nitriles is 2. The van der Waals surface area contributed by atoms with Crippen molar-refractivity contribution in [3.05, 3.63) is 211 Å². The Morgan fingerprint density at radius 1 is 0.344 bits per heavy atom. The highest BCUT2D eigenvalue weighted by Gasteiger charge is 2.24. The molecule has 0 aliphatic carbocycles. The number of fused-ring (bicyclic) bond motifs is 10. The maximum atomic E-state index is 10.2. The van der Waals surface area contributed by atoms with Crippen molar-refractivity contribution in [1.29, 1.82) is 10.5 Å². The first-order chi connectivity index (χ1) is 30.2. The Balaban J connectivity index is 1.23. The number of benzene rings is 9. The van der Waals surface area contributed by atoms with Gasteiger partial charge in [-0.15, -0.1) is 0 Å². The molecule has 3 heterocycles. The van der Waals surface area contributed by atoms with Gasteiger partial charge in [-0.3, -0.25) is 0 Å². The van der Waals surface area contributed by atoms with E-state index < -0.39 is 0 Å². The molecule has 0 aliphatic rings. The van der Waals surface area contributed by atoms with E-state index >= 15 is 0 Å². The zero-order valence-corrected chi connectivity index (χ0v) is 32.8. The minimum absolute atomic E-state index is 0.512. The summed E-state index contributed by atoms with van der Waals surface area (Å²) in [5, 5.41) is 27.2. The van der Waals surface area contributed by atoms with Crippen molar-refractivity contribution in [1.82, 2.24) is 13.7 Å². The average molecular weight is 776 g/mol. The van der Waals surface area contributed by atoms with Crippen LogP contribution in [0.25, 0.3) is 105 Å². The van der Waals surface area contributed by atoms with E-state index in [2.05, 4.69) is 202 Å². The molecule has 5 heteroatoms. The lowest BCUT2D eigenvalue weighted by Gasteiger charge is -2.17. The first-order valence-electron chi connectivity index (χ1n) is 20.4. The van der Waals surface area contributed by atoms with Gasteiger partial charge in [0.25, 0.3) is 0 Å². The van der Waals surface area contributed by atoms with Gasteiger partial charge in [-0.25, -0.2) is 0 Å². The van der Waals surface area contributed by atoms with Gasteiger partial charge in [0.05, 0.1) is 62.1 Å². The van der Waals surface area contributed by atoms with Crippen LogP contribution >= 0.6 is 0 Å². The zero-order valence-electron chi connectivity index (χ0n) is 32.8. The van der Waals surface area contributed by atoms with Crippen LogP contribution in [0.5, 0.6) is 0 Å². The molecule has 0 saturated carbocycles. The average Bonchev–Trinajstić information content (AvgIpc) is 3.97. The molecular weight excluding hydrogens is 743 g/mol. The molecule has 0 spiro atoms. The summed E-state index contributed by atoms with van der Waals surface area (Å²) < 4.78 is 7.22. The minimum atomic E-state index is 0.512. The van der Waals surface area contributed by atoms with Gasteiger partial charge >= 0.3 is 0 Å². The molecule has 0 amide bonds. The number of nitrogens with zero attached hydrogens (tertiary/aromatic N) is 5. The van der Waals surface area contributed by atoms with Gasteiger partial charge in [0.2, 0.25) is 0 Å². The molecule has 5 nitrogen and oxygen atoms in total. The quantitative estimate of drug-likeness (QED) is 0.175. The third kappa shape index (κ3) is 5.12. The molecule has 0 unspecified atom stereocenters. The SMILES string of the molecule is N#Cc1ccc(C#N)c(-c2ccc(-n3c4ccc(-n5c6ccccc6c6ccccc65)cc4c4ccc5c(c6ccccc6n5-c5ccccc5)c43)c(-c3ccccc3)c2)c1. The predicted molar refractivity (Wildman–Crippen MR) is 250 cm³/mol. The van der Waals surface area contributed by atoms with Crippen LogP contribution in [0.1, 0.15) is 11.1 Å². The fraction of sp³-hybridized carbons (Fsp3) is 0. The van der Waals surface area contributed by atoms with Crippen molar-refractivity contribution < 1.29 is 0 Å². The fourth-order valence-corrected chi connectivity index (χ4v) is 9.69. The Morgan fingerprint density at radius 2 is 0.951 bits per heavy atom. The van der Waals surface area contributed by atoms with Crippen LogP contribution in [-0.2, 0) is 0 Å². The van der Waals surface area contributed by atoms with Gasteiger partial charge in [0.15, 0.2) is 0 Å². The van der Waals surface area contributed by atoms with Crippen molar-refractivity contribution in [2.75, 3.05) is 0 Å². The third-order valence-electron chi connectivity index (χ3n) is 12.3. The third-order valence-corrected chi connectivity index (χ3v) is 12.3. The molecule has 0 saturated heterocycles. The van der Waals surface area contributed by atoms with Crippen molar-refractivity contribution in [3.63, 3.8) is 0 Å². The first-order valence-corrected chi connectivity index (χ1v) is 20.4. The maximum absolute atomic E-state index is 10.2. The van der Waals surface area contributed by atoms with E-state index in [0.717, 1.165) is 72.2 Å². The number of hydrogen-bond acceptors (Lipinski definition) is 2. The summed E-state index contributed by atoms with van der Waals surface area (Å²) in [5.74, 6) is 0. The lowest BCUT2D eigenvalue weighted by molar-refractivity contribution is 1.17. The normalized spacial score (nSPS) is 11.6. The van der Waals surface area contributed by atoms with Crippen LogP contribution in [0.4, 0.5) is 0 Å². The largest absolute Gasteiger partial charge is 0.309 e. The molecule has 0 bridgehead atoms. The first kappa shape index (κ1) is 34.4. The Hall–Kier alpha value is -8.64. The molecule has 0 radical (unpaired) electrons. The molecule has 3 aromatic heterocycles. The van der Waals surface area contributed by atoms with Crippen LogP contribution in [0.2, 0.25) is 0 Å². The highest BCUT2D eigenvalue weighted by Crippen LogP contribution is 2.45. The smallest absolute Gasteiger partial charge is 0.0998 e. The summed E-state index contributed by atoms with van der Waals surface area (Å²) in [6.45, 7) is 0. The van der Waals surface area contributed by atoms with Crippen molar-refractivity contribution in [2.45, 2.75) is 0 Å².